The fraction of sp³-hybridized carbons (Fsp3) is 0.176. The van der Waals surface area contributed by atoms with Gasteiger partial charge in [0.25, 0.3) is 5.91 Å². The first-order valence-electron chi connectivity index (χ1n) is 7.29. The standard InChI is InChI=1S/C17H17N5O/c1-13-7-3-4-8-14(13)11-21(2)17(23)15-9-5-6-10-16(15)22-12-18-19-20-22/h3-10,12H,11H2,1-2H3. The van der Waals surface area contributed by atoms with Gasteiger partial charge in [0.05, 0.1) is 11.3 Å². The highest BCUT2D eigenvalue weighted by Gasteiger charge is 2.17. The lowest BCUT2D eigenvalue weighted by molar-refractivity contribution is 0.0784. The van der Waals surface area contributed by atoms with Crippen molar-refractivity contribution < 1.29 is 4.79 Å². The number of nitrogens with zero attached hydrogens (tertiary/aromatic N) is 5. The summed E-state index contributed by atoms with van der Waals surface area (Å²) in [6, 6.07) is 15.4. The predicted octanol–water partition coefficient (Wildman–Crippen LogP) is 2.24. The average molecular weight is 307 g/mol. The largest absolute Gasteiger partial charge is 0.337 e. The van der Waals surface area contributed by atoms with Gasteiger partial charge in [-0.25, -0.2) is 0 Å². The molecule has 0 spiro atoms. The van der Waals surface area contributed by atoms with Crippen LogP contribution in [0.3, 0.4) is 0 Å². The lowest BCUT2D eigenvalue weighted by atomic mass is 10.1. The van der Waals surface area contributed by atoms with Crippen molar-refractivity contribution in [3.05, 3.63) is 71.5 Å². The van der Waals surface area contributed by atoms with Crippen molar-refractivity contribution in [2.45, 2.75) is 13.5 Å². The molecule has 0 N–H and O–H groups in total. The highest BCUT2D eigenvalue weighted by atomic mass is 16.2. The fourth-order valence-electron chi connectivity index (χ4n) is 2.45. The minimum Gasteiger partial charge on any atom is -0.337 e. The van der Waals surface area contributed by atoms with Crippen LogP contribution in [0.25, 0.3) is 5.69 Å². The summed E-state index contributed by atoms with van der Waals surface area (Å²) in [5.74, 6) is -0.0700. The monoisotopic (exact) mass is 307 g/mol. The molecule has 0 atom stereocenters. The Morgan fingerprint density at radius 2 is 1.87 bits per heavy atom. The third-order valence-corrected chi connectivity index (χ3v) is 3.75. The Morgan fingerprint density at radius 3 is 2.61 bits per heavy atom. The van der Waals surface area contributed by atoms with Crippen molar-refractivity contribution in [3.63, 3.8) is 0 Å². The number of rotatable bonds is 4. The summed E-state index contributed by atoms with van der Waals surface area (Å²) in [7, 11) is 1.80. The zero-order valence-electron chi connectivity index (χ0n) is 13.0. The number of aryl methyl sites for hydroxylation is 1. The van der Waals surface area contributed by atoms with E-state index in [0.717, 1.165) is 5.56 Å². The van der Waals surface area contributed by atoms with Gasteiger partial charge in [-0.2, -0.15) is 4.68 Å². The molecule has 0 bridgehead atoms. The number of carbonyl (C=O) groups excluding carboxylic acids is 1. The molecule has 0 radical (unpaired) electrons. The van der Waals surface area contributed by atoms with Crippen LogP contribution in [0, 0.1) is 6.92 Å². The first-order valence-corrected chi connectivity index (χ1v) is 7.29. The molecule has 0 aliphatic carbocycles. The second kappa shape index (κ2) is 6.39. The van der Waals surface area contributed by atoms with Gasteiger partial charge in [-0.15, -0.1) is 5.10 Å². The molecule has 0 aliphatic heterocycles. The summed E-state index contributed by atoms with van der Waals surface area (Å²) in [6.07, 6.45) is 1.48. The van der Waals surface area contributed by atoms with E-state index in [1.54, 1.807) is 18.0 Å². The maximum absolute atomic E-state index is 12.8. The second-order valence-corrected chi connectivity index (χ2v) is 5.36. The van der Waals surface area contributed by atoms with Crippen molar-refractivity contribution in [2.24, 2.45) is 0 Å². The zero-order chi connectivity index (χ0) is 16.2. The van der Waals surface area contributed by atoms with Crippen LogP contribution in [-0.2, 0) is 6.54 Å². The Hall–Kier alpha value is -3.02. The number of hydrogen-bond donors (Lipinski definition) is 0. The van der Waals surface area contributed by atoms with E-state index in [2.05, 4.69) is 15.5 Å². The molecule has 1 heterocycles. The third-order valence-electron chi connectivity index (χ3n) is 3.75. The first kappa shape index (κ1) is 14.9. The Balaban J connectivity index is 1.88. The summed E-state index contributed by atoms with van der Waals surface area (Å²) in [4.78, 5) is 14.5. The number of para-hydroxylation sites is 1. The summed E-state index contributed by atoms with van der Waals surface area (Å²) in [5.41, 5.74) is 3.53. The molecule has 0 saturated heterocycles. The molecule has 23 heavy (non-hydrogen) atoms. The Labute approximate surface area is 134 Å². The van der Waals surface area contributed by atoms with Crippen LogP contribution in [0.5, 0.6) is 0 Å². The maximum Gasteiger partial charge on any atom is 0.256 e. The summed E-state index contributed by atoms with van der Waals surface area (Å²) in [5, 5.41) is 11.1. The van der Waals surface area contributed by atoms with Crippen molar-refractivity contribution >= 4 is 5.91 Å². The van der Waals surface area contributed by atoms with E-state index in [4.69, 9.17) is 0 Å². The van der Waals surface area contributed by atoms with E-state index in [9.17, 15) is 4.79 Å². The van der Waals surface area contributed by atoms with Gasteiger partial charge in [0.1, 0.15) is 6.33 Å². The topological polar surface area (TPSA) is 63.9 Å². The smallest absolute Gasteiger partial charge is 0.256 e. The van der Waals surface area contributed by atoms with Crippen LogP contribution in [-0.4, -0.2) is 38.1 Å². The lowest BCUT2D eigenvalue weighted by Crippen LogP contribution is -2.27. The van der Waals surface area contributed by atoms with Crippen molar-refractivity contribution in [1.82, 2.24) is 25.1 Å². The molecular formula is C17H17N5O. The van der Waals surface area contributed by atoms with Gasteiger partial charge in [-0.1, -0.05) is 36.4 Å². The van der Waals surface area contributed by atoms with E-state index in [0.29, 0.717) is 17.8 Å². The molecule has 6 heteroatoms. The third kappa shape index (κ3) is 3.11. The van der Waals surface area contributed by atoms with Gasteiger partial charge in [-0.3, -0.25) is 4.79 Å². The van der Waals surface area contributed by atoms with Gasteiger partial charge in [0, 0.05) is 13.6 Å². The van der Waals surface area contributed by atoms with E-state index in [1.807, 2.05) is 49.4 Å². The second-order valence-electron chi connectivity index (χ2n) is 5.36. The number of tetrazole rings is 1. The van der Waals surface area contributed by atoms with Gasteiger partial charge < -0.3 is 4.90 Å². The normalized spacial score (nSPS) is 10.5. The maximum atomic E-state index is 12.8. The quantitative estimate of drug-likeness (QED) is 0.741. The van der Waals surface area contributed by atoms with Crippen molar-refractivity contribution in [3.8, 4) is 5.69 Å². The van der Waals surface area contributed by atoms with Crippen LogP contribution >= 0.6 is 0 Å². The molecule has 2 aromatic carbocycles. The van der Waals surface area contributed by atoms with E-state index in [-0.39, 0.29) is 5.91 Å². The molecule has 3 rings (SSSR count). The van der Waals surface area contributed by atoms with E-state index in [1.165, 1.54) is 16.6 Å². The number of aromatic nitrogens is 4. The van der Waals surface area contributed by atoms with Gasteiger partial charge in [0.2, 0.25) is 0 Å². The van der Waals surface area contributed by atoms with Gasteiger partial charge in [-0.05, 0) is 40.6 Å². The summed E-state index contributed by atoms with van der Waals surface area (Å²) in [6.45, 7) is 2.60. The fourth-order valence-corrected chi connectivity index (χ4v) is 2.45. The number of amides is 1. The Bertz CT molecular complexity index is 813. The predicted molar refractivity (Wildman–Crippen MR) is 86.1 cm³/mol. The van der Waals surface area contributed by atoms with E-state index < -0.39 is 0 Å². The molecule has 6 nitrogen and oxygen atoms in total. The van der Waals surface area contributed by atoms with Crippen LogP contribution in [0.1, 0.15) is 21.5 Å². The molecule has 0 aliphatic rings. The molecule has 0 fully saturated rings. The Morgan fingerprint density at radius 1 is 1.13 bits per heavy atom. The lowest BCUT2D eigenvalue weighted by Gasteiger charge is -2.20. The molecule has 0 unspecified atom stereocenters. The SMILES string of the molecule is Cc1ccccc1CN(C)C(=O)c1ccccc1-n1cnnn1. The molecule has 116 valence electrons. The van der Waals surface area contributed by atoms with Crippen LogP contribution in [0.2, 0.25) is 0 Å². The molecule has 1 amide bonds. The molecule has 3 aromatic rings. The number of hydrogen-bond acceptors (Lipinski definition) is 4. The molecule has 0 saturated carbocycles. The van der Waals surface area contributed by atoms with Crippen molar-refractivity contribution in [2.75, 3.05) is 7.05 Å². The first-order chi connectivity index (χ1) is 11.2. The van der Waals surface area contributed by atoms with Gasteiger partial charge in [0.15, 0.2) is 0 Å². The van der Waals surface area contributed by atoms with Crippen LogP contribution in [0.4, 0.5) is 0 Å². The highest BCUT2D eigenvalue weighted by molar-refractivity contribution is 5.97. The van der Waals surface area contributed by atoms with E-state index >= 15 is 0 Å². The average Bonchev–Trinajstić information content (AvgIpc) is 3.10. The summed E-state index contributed by atoms with van der Waals surface area (Å²) >= 11 is 0. The van der Waals surface area contributed by atoms with Crippen LogP contribution < -0.4 is 0 Å². The Kier molecular flexibility index (Phi) is 4.14. The molecular weight excluding hydrogens is 290 g/mol. The van der Waals surface area contributed by atoms with Crippen LogP contribution in [0.15, 0.2) is 54.9 Å². The summed E-state index contributed by atoms with van der Waals surface area (Å²) < 4.78 is 1.49. The minimum absolute atomic E-state index is 0.0700. The number of carbonyl (C=O) groups is 1. The zero-order valence-corrected chi connectivity index (χ0v) is 13.0. The van der Waals surface area contributed by atoms with Crippen molar-refractivity contribution in [1.29, 1.82) is 0 Å². The molecule has 1 aromatic heterocycles. The van der Waals surface area contributed by atoms with Gasteiger partial charge >= 0.3 is 0 Å². The highest BCUT2D eigenvalue weighted by Crippen LogP contribution is 2.17. The minimum atomic E-state index is -0.0700. The number of benzene rings is 2.